The Kier molecular flexibility index (Phi) is 4.78. The Hall–Kier alpha value is -1.75. The molecule has 0 radical (unpaired) electrons. The lowest BCUT2D eigenvalue weighted by Crippen LogP contribution is -2.32. The zero-order chi connectivity index (χ0) is 12.8. The van der Waals surface area contributed by atoms with Gasteiger partial charge in [-0.3, -0.25) is 4.79 Å². The van der Waals surface area contributed by atoms with Crippen LogP contribution in [0.25, 0.3) is 0 Å². The van der Waals surface area contributed by atoms with Crippen molar-refractivity contribution in [1.82, 2.24) is 10.2 Å². The highest BCUT2D eigenvalue weighted by Crippen LogP contribution is 2.20. The maximum Gasteiger partial charge on any atom is 0.251 e. The number of carbonyl (C=O) groups excluding carboxylic acids is 1. The molecule has 0 fully saturated rings. The van der Waals surface area contributed by atoms with Crippen LogP contribution in [-0.4, -0.2) is 47.7 Å². The summed E-state index contributed by atoms with van der Waals surface area (Å²) in [7, 11) is 1.96. The van der Waals surface area contributed by atoms with Gasteiger partial charge in [-0.15, -0.1) is 0 Å². The van der Waals surface area contributed by atoms with Crippen LogP contribution in [0.3, 0.4) is 0 Å². The molecule has 1 rings (SSSR count). The Morgan fingerprint density at radius 1 is 1.29 bits per heavy atom. The topological polar surface area (TPSA) is 72.8 Å². The zero-order valence-corrected chi connectivity index (χ0v) is 10.1. The molecule has 5 heteroatoms. The monoisotopic (exact) mass is 238 g/mol. The normalized spacial score (nSPS) is 10.5. The first kappa shape index (κ1) is 13.3. The molecule has 1 aromatic carbocycles. The number of amides is 1. The molecule has 0 bridgehead atoms. The second-order valence-electron chi connectivity index (χ2n) is 3.89. The number of phenolic OH excluding ortho intramolecular Hbond substituents is 2. The molecule has 0 saturated heterocycles. The SMILES string of the molecule is CCN(C)CCNC(=O)c1cc(O)cc(O)c1. The number of aromatic hydroxyl groups is 2. The van der Waals surface area contributed by atoms with Gasteiger partial charge in [0.05, 0.1) is 0 Å². The molecule has 17 heavy (non-hydrogen) atoms. The lowest BCUT2D eigenvalue weighted by Gasteiger charge is -2.14. The number of nitrogens with one attached hydrogen (secondary N) is 1. The fourth-order valence-corrected chi connectivity index (χ4v) is 1.35. The summed E-state index contributed by atoms with van der Waals surface area (Å²) in [4.78, 5) is 13.7. The minimum Gasteiger partial charge on any atom is -0.508 e. The van der Waals surface area contributed by atoms with Gasteiger partial charge in [-0.1, -0.05) is 6.92 Å². The van der Waals surface area contributed by atoms with Crippen LogP contribution in [0.15, 0.2) is 18.2 Å². The minimum absolute atomic E-state index is 0.124. The molecule has 0 saturated carbocycles. The summed E-state index contributed by atoms with van der Waals surface area (Å²) < 4.78 is 0. The highest BCUT2D eigenvalue weighted by Gasteiger charge is 2.08. The number of hydrogen-bond donors (Lipinski definition) is 3. The highest BCUT2D eigenvalue weighted by atomic mass is 16.3. The van der Waals surface area contributed by atoms with Gasteiger partial charge in [-0.2, -0.15) is 0 Å². The molecule has 3 N–H and O–H groups in total. The summed E-state index contributed by atoms with van der Waals surface area (Å²) in [6, 6.07) is 3.82. The predicted octanol–water partition coefficient (Wildman–Crippen LogP) is 0.779. The third-order valence-electron chi connectivity index (χ3n) is 2.48. The van der Waals surface area contributed by atoms with Gasteiger partial charge >= 0.3 is 0 Å². The van der Waals surface area contributed by atoms with Gasteiger partial charge in [-0.25, -0.2) is 0 Å². The third-order valence-corrected chi connectivity index (χ3v) is 2.48. The maximum absolute atomic E-state index is 11.7. The largest absolute Gasteiger partial charge is 0.508 e. The molecular weight excluding hydrogens is 220 g/mol. The smallest absolute Gasteiger partial charge is 0.251 e. The molecule has 1 aromatic rings. The van der Waals surface area contributed by atoms with Crippen molar-refractivity contribution < 1.29 is 15.0 Å². The van der Waals surface area contributed by atoms with E-state index in [4.69, 9.17) is 0 Å². The second-order valence-corrected chi connectivity index (χ2v) is 3.89. The summed E-state index contributed by atoms with van der Waals surface area (Å²) >= 11 is 0. The quantitative estimate of drug-likeness (QED) is 0.708. The van der Waals surface area contributed by atoms with E-state index in [0.717, 1.165) is 13.1 Å². The van der Waals surface area contributed by atoms with E-state index in [1.807, 2.05) is 14.0 Å². The molecule has 0 atom stereocenters. The van der Waals surface area contributed by atoms with E-state index in [0.29, 0.717) is 6.54 Å². The molecule has 0 aliphatic rings. The van der Waals surface area contributed by atoms with Crippen molar-refractivity contribution in [2.75, 3.05) is 26.7 Å². The first-order valence-electron chi connectivity index (χ1n) is 5.52. The third kappa shape index (κ3) is 4.32. The van der Waals surface area contributed by atoms with E-state index in [1.165, 1.54) is 18.2 Å². The van der Waals surface area contributed by atoms with Crippen LogP contribution in [0.2, 0.25) is 0 Å². The molecule has 0 heterocycles. The van der Waals surface area contributed by atoms with Crippen molar-refractivity contribution >= 4 is 5.91 Å². The van der Waals surface area contributed by atoms with Gasteiger partial charge in [-0.05, 0) is 25.7 Å². The number of carbonyl (C=O) groups is 1. The minimum atomic E-state index is -0.305. The molecule has 0 aromatic heterocycles. The van der Waals surface area contributed by atoms with Crippen LogP contribution >= 0.6 is 0 Å². The average Bonchev–Trinajstić information content (AvgIpc) is 2.27. The van der Waals surface area contributed by atoms with Gasteiger partial charge in [0, 0.05) is 24.7 Å². The number of benzene rings is 1. The standard InChI is InChI=1S/C12H18N2O3/c1-3-14(2)5-4-13-12(17)9-6-10(15)8-11(16)7-9/h6-8,15-16H,3-5H2,1-2H3,(H,13,17). The summed E-state index contributed by atoms with van der Waals surface area (Å²) in [5.74, 6) is -0.553. The van der Waals surface area contributed by atoms with Crippen LogP contribution in [0, 0.1) is 0 Å². The second kappa shape index (κ2) is 6.10. The highest BCUT2D eigenvalue weighted by molar-refractivity contribution is 5.95. The van der Waals surface area contributed by atoms with E-state index in [1.54, 1.807) is 0 Å². The molecule has 1 amide bonds. The number of likely N-dealkylation sites (N-methyl/N-ethyl adjacent to an activating group) is 1. The molecule has 0 aliphatic carbocycles. The summed E-state index contributed by atoms with van der Waals surface area (Å²) in [5.41, 5.74) is 0.252. The van der Waals surface area contributed by atoms with Crippen LogP contribution in [0.4, 0.5) is 0 Å². The Balaban J connectivity index is 2.52. The number of hydrogen-bond acceptors (Lipinski definition) is 4. The fourth-order valence-electron chi connectivity index (χ4n) is 1.35. The average molecular weight is 238 g/mol. The molecular formula is C12H18N2O3. The predicted molar refractivity (Wildman–Crippen MR) is 65.3 cm³/mol. The van der Waals surface area contributed by atoms with Crippen LogP contribution in [0.5, 0.6) is 11.5 Å². The molecule has 5 nitrogen and oxygen atoms in total. The van der Waals surface area contributed by atoms with Crippen LogP contribution in [0.1, 0.15) is 17.3 Å². The lowest BCUT2D eigenvalue weighted by molar-refractivity contribution is 0.0949. The van der Waals surface area contributed by atoms with Crippen molar-refractivity contribution in [2.45, 2.75) is 6.92 Å². The van der Waals surface area contributed by atoms with Gasteiger partial charge in [0.25, 0.3) is 5.91 Å². The van der Waals surface area contributed by atoms with Crippen molar-refractivity contribution in [3.05, 3.63) is 23.8 Å². The molecule has 0 spiro atoms. The van der Waals surface area contributed by atoms with Gasteiger partial charge in [0.1, 0.15) is 11.5 Å². The number of nitrogens with zero attached hydrogens (tertiary/aromatic N) is 1. The first-order valence-corrected chi connectivity index (χ1v) is 5.52. The van der Waals surface area contributed by atoms with E-state index in [-0.39, 0.29) is 23.0 Å². The van der Waals surface area contributed by atoms with Gasteiger partial charge < -0.3 is 20.4 Å². The van der Waals surface area contributed by atoms with Crippen LogP contribution < -0.4 is 5.32 Å². The lowest BCUT2D eigenvalue weighted by atomic mass is 10.2. The Morgan fingerprint density at radius 2 is 1.88 bits per heavy atom. The van der Waals surface area contributed by atoms with E-state index >= 15 is 0 Å². The van der Waals surface area contributed by atoms with E-state index in [9.17, 15) is 15.0 Å². The summed E-state index contributed by atoms with van der Waals surface area (Å²) in [6.45, 7) is 4.24. The Morgan fingerprint density at radius 3 is 2.41 bits per heavy atom. The molecule has 0 unspecified atom stereocenters. The Labute approximate surface area is 101 Å². The molecule has 94 valence electrons. The zero-order valence-electron chi connectivity index (χ0n) is 10.1. The van der Waals surface area contributed by atoms with Crippen molar-refractivity contribution in [3.8, 4) is 11.5 Å². The fraction of sp³-hybridized carbons (Fsp3) is 0.417. The van der Waals surface area contributed by atoms with Crippen LogP contribution in [-0.2, 0) is 0 Å². The van der Waals surface area contributed by atoms with Crippen molar-refractivity contribution in [3.63, 3.8) is 0 Å². The first-order chi connectivity index (χ1) is 8.02. The Bertz CT molecular complexity index is 373. The van der Waals surface area contributed by atoms with E-state index in [2.05, 4.69) is 10.2 Å². The van der Waals surface area contributed by atoms with Crippen molar-refractivity contribution in [1.29, 1.82) is 0 Å². The number of rotatable bonds is 5. The number of phenols is 2. The van der Waals surface area contributed by atoms with Gasteiger partial charge in [0.15, 0.2) is 0 Å². The maximum atomic E-state index is 11.7. The molecule has 0 aliphatic heterocycles. The van der Waals surface area contributed by atoms with E-state index < -0.39 is 0 Å². The van der Waals surface area contributed by atoms with Gasteiger partial charge in [0.2, 0.25) is 0 Å². The summed E-state index contributed by atoms with van der Waals surface area (Å²) in [5, 5.41) is 21.2. The summed E-state index contributed by atoms with van der Waals surface area (Å²) in [6.07, 6.45) is 0. The van der Waals surface area contributed by atoms with Crippen molar-refractivity contribution in [2.24, 2.45) is 0 Å².